The van der Waals surface area contributed by atoms with Crippen molar-refractivity contribution in [3.05, 3.63) is 52.8 Å². The number of rotatable bonds is 8. The Kier molecular flexibility index (Phi) is 8.35. The van der Waals surface area contributed by atoms with Crippen molar-refractivity contribution in [2.24, 2.45) is 4.99 Å². The van der Waals surface area contributed by atoms with Gasteiger partial charge in [-0.2, -0.15) is 13.2 Å². The molecule has 31 heavy (non-hydrogen) atoms. The summed E-state index contributed by atoms with van der Waals surface area (Å²) in [6.45, 7) is 2.37. The number of halogens is 4. The van der Waals surface area contributed by atoms with Gasteiger partial charge >= 0.3 is 6.18 Å². The standard InChI is InChI=1S/C21H25F4N3O3/c1-5-31-19-17(29-3)8-13(9-18(19)30-4)11-27-20(26-2)28-12-14-6-7-15(22)10-16(14)21(23,24)25/h6-10H,5,11-12H2,1-4H3,(H2,26,27,28). The summed E-state index contributed by atoms with van der Waals surface area (Å²) in [5.41, 5.74) is -0.351. The molecule has 0 aromatic heterocycles. The summed E-state index contributed by atoms with van der Waals surface area (Å²) < 4.78 is 69.0. The molecule has 0 radical (unpaired) electrons. The molecule has 2 rings (SSSR count). The minimum absolute atomic E-state index is 0.0961. The first-order chi connectivity index (χ1) is 14.7. The zero-order valence-corrected chi connectivity index (χ0v) is 17.7. The summed E-state index contributed by atoms with van der Waals surface area (Å²) in [5, 5.41) is 5.82. The van der Waals surface area contributed by atoms with Crippen LogP contribution in [0, 0.1) is 5.82 Å². The fourth-order valence-electron chi connectivity index (χ4n) is 2.87. The summed E-state index contributed by atoms with van der Waals surface area (Å²) in [7, 11) is 4.51. The van der Waals surface area contributed by atoms with Gasteiger partial charge in [0, 0.05) is 20.1 Å². The maximum absolute atomic E-state index is 13.3. The largest absolute Gasteiger partial charge is 0.493 e. The predicted molar refractivity (Wildman–Crippen MR) is 109 cm³/mol. The molecular weight excluding hydrogens is 418 g/mol. The first-order valence-corrected chi connectivity index (χ1v) is 9.41. The van der Waals surface area contributed by atoms with E-state index in [2.05, 4.69) is 15.6 Å². The average molecular weight is 443 g/mol. The highest BCUT2D eigenvalue weighted by Crippen LogP contribution is 2.38. The van der Waals surface area contributed by atoms with Crippen LogP contribution in [0.3, 0.4) is 0 Å². The van der Waals surface area contributed by atoms with Crippen molar-refractivity contribution in [2.75, 3.05) is 27.9 Å². The molecule has 0 amide bonds. The van der Waals surface area contributed by atoms with Gasteiger partial charge in [-0.05, 0) is 42.3 Å². The van der Waals surface area contributed by atoms with E-state index in [0.29, 0.717) is 29.9 Å². The summed E-state index contributed by atoms with van der Waals surface area (Å²) in [4.78, 5) is 4.01. The number of benzene rings is 2. The van der Waals surface area contributed by atoms with Crippen LogP contribution in [0.2, 0.25) is 0 Å². The Morgan fingerprint density at radius 2 is 1.61 bits per heavy atom. The Morgan fingerprint density at radius 3 is 2.13 bits per heavy atom. The van der Waals surface area contributed by atoms with Crippen molar-refractivity contribution in [2.45, 2.75) is 26.2 Å². The van der Waals surface area contributed by atoms with Crippen LogP contribution >= 0.6 is 0 Å². The third-order valence-corrected chi connectivity index (χ3v) is 4.32. The summed E-state index contributed by atoms with van der Waals surface area (Å²) in [6.07, 6.45) is -4.66. The maximum Gasteiger partial charge on any atom is 0.416 e. The SMILES string of the molecule is CCOc1c(OC)cc(CNC(=NC)NCc2ccc(F)cc2C(F)(F)F)cc1OC. The number of aliphatic imine (C=N–C) groups is 1. The van der Waals surface area contributed by atoms with Crippen LogP contribution in [0.15, 0.2) is 35.3 Å². The molecule has 0 fully saturated rings. The molecule has 0 bridgehead atoms. The molecule has 2 N–H and O–H groups in total. The van der Waals surface area contributed by atoms with Crippen molar-refractivity contribution in [1.82, 2.24) is 10.6 Å². The van der Waals surface area contributed by atoms with E-state index in [1.807, 2.05) is 6.92 Å². The molecule has 0 aliphatic carbocycles. The van der Waals surface area contributed by atoms with E-state index < -0.39 is 17.6 Å². The molecule has 0 saturated carbocycles. The summed E-state index contributed by atoms with van der Waals surface area (Å²) in [5.74, 6) is 0.778. The average Bonchev–Trinajstić information content (AvgIpc) is 2.74. The number of nitrogens with one attached hydrogen (secondary N) is 2. The highest BCUT2D eigenvalue weighted by Gasteiger charge is 2.33. The third kappa shape index (κ3) is 6.40. The van der Waals surface area contributed by atoms with E-state index in [0.717, 1.165) is 17.7 Å². The monoisotopic (exact) mass is 443 g/mol. The number of guanidine groups is 1. The highest BCUT2D eigenvalue weighted by molar-refractivity contribution is 5.79. The zero-order valence-electron chi connectivity index (χ0n) is 17.7. The normalized spacial score (nSPS) is 11.8. The van der Waals surface area contributed by atoms with Crippen LogP contribution in [0.25, 0.3) is 0 Å². The number of ether oxygens (including phenoxy) is 3. The number of alkyl halides is 3. The minimum Gasteiger partial charge on any atom is -0.493 e. The van der Waals surface area contributed by atoms with Crippen molar-refractivity contribution in [1.29, 1.82) is 0 Å². The predicted octanol–water partition coefficient (Wildman–Crippen LogP) is 4.13. The van der Waals surface area contributed by atoms with Crippen LogP contribution in [-0.2, 0) is 19.3 Å². The van der Waals surface area contributed by atoms with Gasteiger partial charge in [0.2, 0.25) is 5.75 Å². The molecular formula is C21H25F4N3O3. The lowest BCUT2D eigenvalue weighted by Crippen LogP contribution is -2.36. The minimum atomic E-state index is -4.66. The highest BCUT2D eigenvalue weighted by atomic mass is 19.4. The van der Waals surface area contributed by atoms with Gasteiger partial charge in [-0.25, -0.2) is 4.39 Å². The van der Waals surface area contributed by atoms with Crippen molar-refractivity contribution in [3.63, 3.8) is 0 Å². The van der Waals surface area contributed by atoms with Crippen LogP contribution in [0.4, 0.5) is 17.6 Å². The molecule has 0 saturated heterocycles. The van der Waals surface area contributed by atoms with Crippen LogP contribution in [0.5, 0.6) is 17.2 Å². The van der Waals surface area contributed by atoms with Gasteiger partial charge in [0.15, 0.2) is 17.5 Å². The molecule has 0 aliphatic heterocycles. The number of nitrogens with zero attached hydrogens (tertiary/aromatic N) is 1. The molecule has 170 valence electrons. The van der Waals surface area contributed by atoms with Gasteiger partial charge < -0.3 is 24.8 Å². The van der Waals surface area contributed by atoms with Gasteiger partial charge in [0.1, 0.15) is 5.82 Å². The second-order valence-corrected chi connectivity index (χ2v) is 6.34. The number of hydrogen-bond acceptors (Lipinski definition) is 4. The van der Waals surface area contributed by atoms with E-state index in [1.54, 1.807) is 12.1 Å². The van der Waals surface area contributed by atoms with E-state index >= 15 is 0 Å². The van der Waals surface area contributed by atoms with Crippen LogP contribution in [-0.4, -0.2) is 33.8 Å². The van der Waals surface area contributed by atoms with Crippen molar-refractivity contribution >= 4 is 5.96 Å². The summed E-state index contributed by atoms with van der Waals surface area (Å²) in [6, 6.07) is 6.08. The van der Waals surface area contributed by atoms with E-state index in [-0.39, 0.29) is 24.6 Å². The number of methoxy groups -OCH3 is 2. The Hall–Kier alpha value is -3.17. The maximum atomic E-state index is 13.3. The van der Waals surface area contributed by atoms with E-state index in [9.17, 15) is 17.6 Å². The Labute approximate surface area is 178 Å². The van der Waals surface area contributed by atoms with Crippen molar-refractivity contribution in [3.8, 4) is 17.2 Å². The van der Waals surface area contributed by atoms with Gasteiger partial charge in [-0.3, -0.25) is 4.99 Å². The van der Waals surface area contributed by atoms with E-state index in [4.69, 9.17) is 14.2 Å². The Bertz CT molecular complexity index is 892. The zero-order chi connectivity index (χ0) is 23.0. The van der Waals surface area contributed by atoms with Crippen molar-refractivity contribution < 1.29 is 31.8 Å². The number of hydrogen-bond donors (Lipinski definition) is 2. The second kappa shape index (κ2) is 10.7. The third-order valence-electron chi connectivity index (χ3n) is 4.32. The molecule has 0 aliphatic rings. The Morgan fingerprint density at radius 1 is 1.00 bits per heavy atom. The van der Waals surface area contributed by atoms with Gasteiger partial charge in [-0.1, -0.05) is 6.07 Å². The molecule has 6 nitrogen and oxygen atoms in total. The van der Waals surface area contributed by atoms with Gasteiger partial charge in [0.05, 0.1) is 26.4 Å². The molecule has 10 heteroatoms. The fraction of sp³-hybridized carbons (Fsp3) is 0.381. The van der Waals surface area contributed by atoms with E-state index in [1.165, 1.54) is 21.3 Å². The van der Waals surface area contributed by atoms with Gasteiger partial charge in [-0.15, -0.1) is 0 Å². The molecule has 0 heterocycles. The smallest absolute Gasteiger partial charge is 0.416 e. The lowest BCUT2D eigenvalue weighted by Gasteiger charge is -2.17. The topological polar surface area (TPSA) is 64.1 Å². The van der Waals surface area contributed by atoms with Crippen LogP contribution in [0.1, 0.15) is 23.6 Å². The summed E-state index contributed by atoms with van der Waals surface area (Å²) >= 11 is 0. The molecule has 0 atom stereocenters. The van der Waals surface area contributed by atoms with Crippen LogP contribution < -0.4 is 24.8 Å². The first-order valence-electron chi connectivity index (χ1n) is 9.41. The molecule has 0 unspecified atom stereocenters. The molecule has 0 spiro atoms. The lowest BCUT2D eigenvalue weighted by molar-refractivity contribution is -0.138. The Balaban J connectivity index is 2.11. The quantitative estimate of drug-likeness (QED) is 0.365. The van der Waals surface area contributed by atoms with Gasteiger partial charge in [0.25, 0.3) is 0 Å². The molecule has 2 aromatic carbocycles. The first kappa shape index (κ1) is 24.1. The second-order valence-electron chi connectivity index (χ2n) is 6.34. The lowest BCUT2D eigenvalue weighted by atomic mass is 10.1. The molecule has 2 aromatic rings. The fourth-order valence-corrected chi connectivity index (χ4v) is 2.87.